The first kappa shape index (κ1) is 12.9. The van der Waals surface area contributed by atoms with Gasteiger partial charge in [-0.1, -0.05) is 54.2 Å². The summed E-state index contributed by atoms with van der Waals surface area (Å²) < 4.78 is 5.30. The average molecular weight is 282 g/mol. The second kappa shape index (κ2) is 5.47. The first-order valence-electron chi connectivity index (χ1n) is 6.31. The smallest absolute Gasteiger partial charge is 0.168 e. The van der Waals surface area contributed by atoms with Crippen LogP contribution in [0.15, 0.2) is 70.5 Å². The normalized spacial score (nSPS) is 10.7. The van der Waals surface area contributed by atoms with E-state index in [1.807, 2.05) is 42.5 Å². The number of phenolic OH excluding ortho intramolecular Hbond substituents is 1. The van der Waals surface area contributed by atoms with E-state index in [-0.39, 0.29) is 5.75 Å². The minimum atomic E-state index is 0.171. The number of aromatic hydroxyl groups is 1. The third-order valence-electron chi connectivity index (χ3n) is 3.11. The van der Waals surface area contributed by atoms with Crippen molar-refractivity contribution >= 4 is 22.5 Å². The lowest BCUT2D eigenvalue weighted by molar-refractivity contribution is 0.377. The topological polar surface area (TPSA) is 29.5 Å². The molecule has 0 saturated carbocycles. The van der Waals surface area contributed by atoms with Gasteiger partial charge in [0.25, 0.3) is 0 Å². The van der Waals surface area contributed by atoms with Crippen molar-refractivity contribution in [2.75, 3.05) is 7.11 Å². The first-order chi connectivity index (χ1) is 9.79. The molecule has 0 radical (unpaired) electrons. The largest absolute Gasteiger partial charge is 0.504 e. The highest BCUT2D eigenvalue weighted by Crippen LogP contribution is 2.42. The van der Waals surface area contributed by atoms with Crippen LogP contribution in [0.4, 0.5) is 0 Å². The lowest BCUT2D eigenvalue weighted by Crippen LogP contribution is -1.88. The van der Waals surface area contributed by atoms with Crippen LogP contribution in [0.3, 0.4) is 0 Å². The summed E-state index contributed by atoms with van der Waals surface area (Å²) in [5.41, 5.74) is 0. The predicted molar refractivity (Wildman–Crippen MR) is 82.7 cm³/mol. The molecule has 3 aromatic carbocycles. The van der Waals surface area contributed by atoms with Crippen molar-refractivity contribution in [1.29, 1.82) is 0 Å². The minimum Gasteiger partial charge on any atom is -0.504 e. The summed E-state index contributed by atoms with van der Waals surface area (Å²) in [4.78, 5) is 2.16. The van der Waals surface area contributed by atoms with E-state index in [9.17, 15) is 5.11 Å². The van der Waals surface area contributed by atoms with Crippen LogP contribution in [0, 0.1) is 0 Å². The number of ether oxygens (including phenoxy) is 1. The van der Waals surface area contributed by atoms with Crippen LogP contribution in [0.5, 0.6) is 11.5 Å². The van der Waals surface area contributed by atoms with Gasteiger partial charge in [0.2, 0.25) is 0 Å². The van der Waals surface area contributed by atoms with Crippen molar-refractivity contribution < 1.29 is 9.84 Å². The standard InChI is InChI=1S/C17H14O2S/c1-19-17-14-10-6-5-9-13(14)16(11-15(17)18)20-12-7-3-2-4-8-12/h2-11,18H,1H3. The highest BCUT2D eigenvalue weighted by Gasteiger charge is 2.12. The van der Waals surface area contributed by atoms with Crippen molar-refractivity contribution in [2.24, 2.45) is 0 Å². The molecule has 0 aliphatic rings. The number of methoxy groups -OCH3 is 1. The van der Waals surface area contributed by atoms with Crippen molar-refractivity contribution in [3.8, 4) is 11.5 Å². The maximum atomic E-state index is 10.1. The SMILES string of the molecule is COc1c(O)cc(Sc2ccccc2)c2ccccc12. The molecule has 3 heteroatoms. The summed E-state index contributed by atoms with van der Waals surface area (Å²) in [5.74, 6) is 0.697. The number of hydrogen-bond donors (Lipinski definition) is 1. The molecular weight excluding hydrogens is 268 g/mol. The van der Waals surface area contributed by atoms with Crippen LogP contribution in [0.1, 0.15) is 0 Å². The maximum absolute atomic E-state index is 10.1. The van der Waals surface area contributed by atoms with E-state index in [0.29, 0.717) is 5.75 Å². The van der Waals surface area contributed by atoms with Gasteiger partial charge in [-0.05, 0) is 23.6 Å². The van der Waals surface area contributed by atoms with Crippen molar-refractivity contribution in [1.82, 2.24) is 0 Å². The van der Waals surface area contributed by atoms with Gasteiger partial charge in [-0.3, -0.25) is 0 Å². The lowest BCUT2D eigenvalue weighted by atomic mass is 10.1. The number of phenols is 1. The zero-order chi connectivity index (χ0) is 13.9. The molecular formula is C17H14O2S. The van der Waals surface area contributed by atoms with Gasteiger partial charge in [0.1, 0.15) is 0 Å². The number of benzene rings is 3. The molecule has 0 unspecified atom stereocenters. The zero-order valence-corrected chi connectivity index (χ0v) is 11.9. The Hall–Kier alpha value is -2.13. The molecule has 20 heavy (non-hydrogen) atoms. The second-order valence-electron chi connectivity index (χ2n) is 4.39. The third-order valence-corrected chi connectivity index (χ3v) is 4.18. The fourth-order valence-corrected chi connectivity index (χ4v) is 3.22. The molecule has 0 bridgehead atoms. The van der Waals surface area contributed by atoms with Gasteiger partial charge >= 0.3 is 0 Å². The molecule has 0 atom stereocenters. The molecule has 3 aromatic rings. The van der Waals surface area contributed by atoms with Gasteiger partial charge < -0.3 is 9.84 Å². The highest BCUT2D eigenvalue weighted by atomic mass is 32.2. The minimum absolute atomic E-state index is 0.171. The Labute approximate surface area is 122 Å². The molecule has 0 saturated heterocycles. The molecule has 100 valence electrons. The maximum Gasteiger partial charge on any atom is 0.168 e. The van der Waals surface area contributed by atoms with E-state index in [4.69, 9.17) is 4.74 Å². The van der Waals surface area contributed by atoms with Gasteiger partial charge in [0, 0.05) is 15.2 Å². The molecule has 0 amide bonds. The molecule has 0 aliphatic heterocycles. The van der Waals surface area contributed by atoms with Gasteiger partial charge in [-0.2, -0.15) is 0 Å². The Bertz CT molecular complexity index is 739. The van der Waals surface area contributed by atoms with E-state index < -0.39 is 0 Å². The fourth-order valence-electron chi connectivity index (χ4n) is 2.22. The van der Waals surface area contributed by atoms with Crippen molar-refractivity contribution in [2.45, 2.75) is 9.79 Å². The van der Waals surface area contributed by atoms with Crippen LogP contribution < -0.4 is 4.74 Å². The Kier molecular flexibility index (Phi) is 3.52. The second-order valence-corrected chi connectivity index (χ2v) is 5.50. The number of hydrogen-bond acceptors (Lipinski definition) is 3. The predicted octanol–water partition coefficient (Wildman–Crippen LogP) is 4.71. The summed E-state index contributed by atoms with van der Waals surface area (Å²) in [7, 11) is 1.57. The van der Waals surface area contributed by atoms with E-state index in [1.54, 1.807) is 24.9 Å². The first-order valence-corrected chi connectivity index (χ1v) is 7.13. The molecule has 0 heterocycles. The van der Waals surface area contributed by atoms with Crippen molar-refractivity contribution in [3.63, 3.8) is 0 Å². The van der Waals surface area contributed by atoms with E-state index in [0.717, 1.165) is 20.6 Å². The monoisotopic (exact) mass is 282 g/mol. The van der Waals surface area contributed by atoms with Crippen LogP contribution >= 0.6 is 11.8 Å². The van der Waals surface area contributed by atoms with Gasteiger partial charge in [0.15, 0.2) is 11.5 Å². The zero-order valence-electron chi connectivity index (χ0n) is 11.0. The fraction of sp³-hybridized carbons (Fsp3) is 0.0588. The van der Waals surface area contributed by atoms with Gasteiger partial charge in [0.05, 0.1) is 7.11 Å². The third kappa shape index (κ3) is 2.32. The van der Waals surface area contributed by atoms with Crippen LogP contribution in [0.2, 0.25) is 0 Å². The Morgan fingerprint density at radius 3 is 2.25 bits per heavy atom. The highest BCUT2D eigenvalue weighted by molar-refractivity contribution is 7.99. The molecule has 0 aromatic heterocycles. The molecule has 0 aliphatic carbocycles. The van der Waals surface area contributed by atoms with Gasteiger partial charge in [-0.25, -0.2) is 0 Å². The Morgan fingerprint density at radius 1 is 0.900 bits per heavy atom. The van der Waals surface area contributed by atoms with E-state index in [1.165, 1.54) is 0 Å². The Balaban J connectivity index is 2.16. The molecule has 3 rings (SSSR count). The lowest BCUT2D eigenvalue weighted by Gasteiger charge is -2.12. The molecule has 0 spiro atoms. The summed E-state index contributed by atoms with van der Waals surface area (Å²) >= 11 is 1.63. The molecule has 1 N–H and O–H groups in total. The Morgan fingerprint density at radius 2 is 1.55 bits per heavy atom. The van der Waals surface area contributed by atoms with Gasteiger partial charge in [-0.15, -0.1) is 0 Å². The summed E-state index contributed by atoms with van der Waals surface area (Å²) in [6, 6.07) is 19.8. The average Bonchev–Trinajstić information content (AvgIpc) is 2.49. The summed E-state index contributed by atoms with van der Waals surface area (Å²) in [6.07, 6.45) is 0. The van der Waals surface area contributed by atoms with E-state index >= 15 is 0 Å². The number of rotatable bonds is 3. The number of fused-ring (bicyclic) bond motifs is 1. The summed E-state index contributed by atoms with van der Waals surface area (Å²) in [6.45, 7) is 0. The van der Waals surface area contributed by atoms with Crippen LogP contribution in [-0.4, -0.2) is 12.2 Å². The van der Waals surface area contributed by atoms with Crippen molar-refractivity contribution in [3.05, 3.63) is 60.7 Å². The van der Waals surface area contributed by atoms with Crippen LogP contribution in [-0.2, 0) is 0 Å². The van der Waals surface area contributed by atoms with Crippen LogP contribution in [0.25, 0.3) is 10.8 Å². The molecule has 2 nitrogen and oxygen atoms in total. The van der Waals surface area contributed by atoms with E-state index in [2.05, 4.69) is 12.1 Å². The summed E-state index contributed by atoms with van der Waals surface area (Å²) in [5, 5.41) is 12.1. The molecule has 0 fully saturated rings. The quantitative estimate of drug-likeness (QED) is 0.754.